The second kappa shape index (κ2) is 6.31. The average molecular weight is 322 g/mol. The van der Waals surface area contributed by atoms with Crippen LogP contribution in [-0.4, -0.2) is 24.7 Å². The summed E-state index contributed by atoms with van der Waals surface area (Å²) in [6.07, 6.45) is 0. The largest absolute Gasteiger partial charge is 0.360 e. The van der Waals surface area contributed by atoms with Gasteiger partial charge in [0.2, 0.25) is 5.91 Å². The van der Waals surface area contributed by atoms with Crippen LogP contribution in [0.3, 0.4) is 0 Å². The first-order chi connectivity index (χ1) is 10.3. The number of anilines is 1. The number of nitrogens with zero attached hydrogens (tertiary/aromatic N) is 1. The summed E-state index contributed by atoms with van der Waals surface area (Å²) in [5, 5.41) is 4.88. The number of nitrogens with one attached hydrogen (secondary N) is 1. The maximum atomic E-state index is 12.3. The lowest BCUT2D eigenvalue weighted by atomic mass is 10.2. The van der Waals surface area contributed by atoms with Crippen molar-refractivity contribution in [1.29, 1.82) is 0 Å². The van der Waals surface area contributed by atoms with Gasteiger partial charge in [0, 0.05) is 6.07 Å². The second-order valence-corrected chi connectivity index (χ2v) is 7.57. The number of aromatic nitrogens is 1. The highest BCUT2D eigenvalue weighted by Gasteiger charge is 2.28. The summed E-state index contributed by atoms with van der Waals surface area (Å²) in [4.78, 5) is 12.0. The van der Waals surface area contributed by atoms with E-state index >= 15 is 0 Å². The molecule has 0 saturated carbocycles. The molecule has 22 heavy (non-hydrogen) atoms. The van der Waals surface area contributed by atoms with Gasteiger partial charge < -0.3 is 9.84 Å². The van der Waals surface area contributed by atoms with E-state index in [1.165, 1.54) is 13.0 Å². The number of hydrogen-bond acceptors (Lipinski definition) is 5. The van der Waals surface area contributed by atoms with E-state index in [-0.39, 0.29) is 11.6 Å². The lowest BCUT2D eigenvalue weighted by Gasteiger charge is -2.12. The third kappa shape index (κ3) is 3.94. The van der Waals surface area contributed by atoms with Crippen LogP contribution in [0.4, 0.5) is 5.82 Å². The molecule has 1 unspecified atom stereocenters. The molecule has 6 nitrogen and oxygen atoms in total. The lowest BCUT2D eigenvalue weighted by molar-refractivity contribution is -0.115. The topological polar surface area (TPSA) is 89.3 Å². The maximum Gasteiger partial charge on any atom is 0.243 e. The Kier molecular flexibility index (Phi) is 4.65. The first-order valence-corrected chi connectivity index (χ1v) is 8.51. The fraction of sp³-hybridized carbons (Fsp3) is 0.333. The molecule has 7 heteroatoms. The third-order valence-corrected chi connectivity index (χ3v) is 5.30. The van der Waals surface area contributed by atoms with Crippen LogP contribution in [0.25, 0.3) is 0 Å². The van der Waals surface area contributed by atoms with Crippen LogP contribution in [0.5, 0.6) is 0 Å². The molecule has 0 spiro atoms. The predicted molar refractivity (Wildman–Crippen MR) is 83.1 cm³/mol. The zero-order valence-electron chi connectivity index (χ0n) is 12.7. The minimum atomic E-state index is -3.61. The Bertz CT molecular complexity index is 763. The molecule has 2 rings (SSSR count). The predicted octanol–water partition coefficient (Wildman–Crippen LogP) is 2.23. The van der Waals surface area contributed by atoms with E-state index in [4.69, 9.17) is 4.52 Å². The summed E-state index contributed by atoms with van der Waals surface area (Å²) >= 11 is 0. The molecule has 0 radical (unpaired) electrons. The van der Waals surface area contributed by atoms with Crippen LogP contribution < -0.4 is 5.32 Å². The molecule has 1 aromatic carbocycles. The summed E-state index contributed by atoms with van der Waals surface area (Å²) in [6.45, 7) is 4.97. The molecule has 2 aromatic rings. The monoisotopic (exact) mass is 322 g/mol. The Morgan fingerprint density at radius 2 is 1.91 bits per heavy atom. The van der Waals surface area contributed by atoms with Gasteiger partial charge >= 0.3 is 0 Å². The van der Waals surface area contributed by atoms with Gasteiger partial charge in [-0.25, -0.2) is 8.42 Å². The zero-order chi connectivity index (χ0) is 16.3. The summed E-state index contributed by atoms with van der Waals surface area (Å²) < 4.78 is 29.5. The fourth-order valence-electron chi connectivity index (χ4n) is 1.86. The molecule has 1 atom stereocenters. The fourth-order valence-corrected chi connectivity index (χ4v) is 3.15. The molecule has 0 aliphatic carbocycles. The summed E-state index contributed by atoms with van der Waals surface area (Å²) in [5.41, 5.74) is 1.70. The number of amides is 1. The highest BCUT2D eigenvalue weighted by atomic mass is 32.2. The van der Waals surface area contributed by atoms with Crippen LogP contribution in [0.15, 0.2) is 34.9 Å². The maximum absolute atomic E-state index is 12.3. The van der Waals surface area contributed by atoms with Gasteiger partial charge in [-0.15, -0.1) is 0 Å². The third-order valence-electron chi connectivity index (χ3n) is 3.28. The van der Waals surface area contributed by atoms with Crippen molar-refractivity contribution in [2.75, 3.05) is 5.32 Å². The van der Waals surface area contributed by atoms with Crippen LogP contribution in [0.2, 0.25) is 0 Å². The van der Waals surface area contributed by atoms with E-state index in [0.29, 0.717) is 11.3 Å². The zero-order valence-corrected chi connectivity index (χ0v) is 13.5. The Balaban J connectivity index is 2.07. The number of carbonyl (C=O) groups excluding carboxylic acids is 1. The van der Waals surface area contributed by atoms with Gasteiger partial charge in [0.25, 0.3) is 0 Å². The van der Waals surface area contributed by atoms with Gasteiger partial charge in [-0.1, -0.05) is 35.0 Å². The standard InChI is InChI=1S/C15H18N2O4S/c1-10-4-6-13(7-5-10)9-22(19,20)12(3)15(18)16-14-8-11(2)21-17-14/h4-8,12H,9H2,1-3H3,(H,16,17,18). The van der Waals surface area contributed by atoms with Crippen molar-refractivity contribution >= 4 is 21.6 Å². The molecule has 1 heterocycles. The molecule has 0 aliphatic heterocycles. The number of hydrogen-bond donors (Lipinski definition) is 1. The molecular weight excluding hydrogens is 304 g/mol. The van der Waals surface area contributed by atoms with E-state index in [1.807, 2.05) is 19.1 Å². The quantitative estimate of drug-likeness (QED) is 0.912. The first kappa shape index (κ1) is 16.2. The Morgan fingerprint density at radius 1 is 1.27 bits per heavy atom. The number of benzene rings is 1. The molecular formula is C15H18N2O4S. The van der Waals surface area contributed by atoms with Crippen molar-refractivity contribution < 1.29 is 17.7 Å². The van der Waals surface area contributed by atoms with Gasteiger partial charge in [0.15, 0.2) is 15.7 Å². The van der Waals surface area contributed by atoms with Crippen molar-refractivity contribution in [3.05, 3.63) is 47.2 Å². The normalized spacial score (nSPS) is 12.9. The van der Waals surface area contributed by atoms with Gasteiger partial charge in [-0.2, -0.15) is 0 Å². The van der Waals surface area contributed by atoms with E-state index in [0.717, 1.165) is 5.56 Å². The van der Waals surface area contributed by atoms with Gasteiger partial charge in [-0.3, -0.25) is 4.79 Å². The molecule has 118 valence electrons. The van der Waals surface area contributed by atoms with Crippen LogP contribution in [0, 0.1) is 13.8 Å². The van der Waals surface area contributed by atoms with Crippen LogP contribution >= 0.6 is 0 Å². The molecule has 1 N–H and O–H groups in total. The van der Waals surface area contributed by atoms with Crippen molar-refractivity contribution in [1.82, 2.24) is 5.16 Å². The van der Waals surface area contributed by atoms with Crippen molar-refractivity contribution in [2.45, 2.75) is 31.8 Å². The van der Waals surface area contributed by atoms with Crippen LogP contribution in [-0.2, 0) is 20.4 Å². The van der Waals surface area contributed by atoms with E-state index in [1.54, 1.807) is 19.1 Å². The SMILES string of the molecule is Cc1ccc(CS(=O)(=O)C(C)C(=O)Nc2cc(C)on2)cc1. The number of rotatable bonds is 5. The Morgan fingerprint density at radius 3 is 2.45 bits per heavy atom. The molecule has 0 fully saturated rings. The van der Waals surface area contributed by atoms with Crippen molar-refractivity contribution in [3.8, 4) is 0 Å². The van der Waals surface area contributed by atoms with E-state index in [9.17, 15) is 13.2 Å². The second-order valence-electron chi connectivity index (χ2n) is 5.25. The molecule has 0 saturated heterocycles. The highest BCUT2D eigenvalue weighted by molar-refractivity contribution is 7.92. The number of sulfone groups is 1. The van der Waals surface area contributed by atoms with Crippen molar-refractivity contribution in [2.24, 2.45) is 0 Å². The summed E-state index contributed by atoms with van der Waals surface area (Å²) in [7, 11) is -3.61. The first-order valence-electron chi connectivity index (χ1n) is 6.79. The lowest BCUT2D eigenvalue weighted by Crippen LogP contribution is -2.33. The van der Waals surface area contributed by atoms with Gasteiger partial charge in [-0.05, 0) is 26.3 Å². The molecule has 1 aromatic heterocycles. The van der Waals surface area contributed by atoms with Gasteiger partial charge in [0.05, 0.1) is 5.75 Å². The van der Waals surface area contributed by atoms with Gasteiger partial charge in [0.1, 0.15) is 11.0 Å². The summed E-state index contributed by atoms with van der Waals surface area (Å²) in [6, 6.07) is 8.70. The number of carbonyl (C=O) groups is 1. The smallest absolute Gasteiger partial charge is 0.243 e. The van der Waals surface area contributed by atoms with E-state index in [2.05, 4.69) is 10.5 Å². The minimum absolute atomic E-state index is 0.181. The van der Waals surface area contributed by atoms with E-state index < -0.39 is 21.0 Å². The average Bonchev–Trinajstić information content (AvgIpc) is 2.85. The van der Waals surface area contributed by atoms with Crippen LogP contribution in [0.1, 0.15) is 23.8 Å². The Hall–Kier alpha value is -2.15. The molecule has 0 bridgehead atoms. The highest BCUT2D eigenvalue weighted by Crippen LogP contribution is 2.15. The number of aryl methyl sites for hydroxylation is 2. The van der Waals surface area contributed by atoms with Crippen molar-refractivity contribution in [3.63, 3.8) is 0 Å². The Labute approximate surface area is 129 Å². The summed E-state index contributed by atoms with van der Waals surface area (Å²) in [5.74, 6) is -0.0644. The molecule has 0 aliphatic rings. The molecule has 1 amide bonds. The minimum Gasteiger partial charge on any atom is -0.360 e.